The van der Waals surface area contributed by atoms with Crippen molar-refractivity contribution in [2.75, 3.05) is 31.6 Å². The van der Waals surface area contributed by atoms with Gasteiger partial charge in [-0.2, -0.15) is 0 Å². The normalized spacial score (nSPS) is 23.0. The molecular weight excluding hydrogens is 392 g/mol. The van der Waals surface area contributed by atoms with E-state index in [0.29, 0.717) is 12.0 Å². The van der Waals surface area contributed by atoms with Crippen molar-refractivity contribution in [3.63, 3.8) is 0 Å². The van der Waals surface area contributed by atoms with Crippen LogP contribution in [0.4, 0.5) is 5.82 Å². The zero-order valence-electron chi connectivity index (χ0n) is 17.7. The topological polar surface area (TPSA) is 51.5 Å². The minimum absolute atomic E-state index is 0.490. The van der Waals surface area contributed by atoms with Crippen LogP contribution in [0.3, 0.4) is 0 Å². The molecule has 0 bridgehead atoms. The number of nitrogens with one attached hydrogen (secondary N) is 2. The van der Waals surface area contributed by atoms with Gasteiger partial charge in [0.15, 0.2) is 5.82 Å². The molecule has 2 fully saturated rings. The number of nitrogens with zero attached hydrogens (tertiary/aromatic N) is 2. The van der Waals surface area contributed by atoms with Crippen molar-refractivity contribution >= 4 is 27.4 Å². The number of anilines is 1. The zero-order valence-corrected chi connectivity index (χ0v) is 18.5. The van der Waals surface area contributed by atoms with E-state index in [0.717, 1.165) is 49.3 Å². The summed E-state index contributed by atoms with van der Waals surface area (Å²) in [6.07, 6.45) is 5.17. The van der Waals surface area contributed by atoms with Crippen molar-refractivity contribution in [3.8, 4) is 11.1 Å². The Bertz CT molecular complexity index is 984. The predicted octanol–water partition coefficient (Wildman–Crippen LogP) is 3.76. The van der Waals surface area contributed by atoms with Gasteiger partial charge < -0.3 is 15.0 Å². The average Bonchev–Trinajstić information content (AvgIpc) is 3.21. The maximum atomic E-state index is 5.52. The quantitative estimate of drug-likeness (QED) is 0.656. The number of fused-ring (bicyclic) bond motifs is 1. The first-order valence-corrected chi connectivity index (χ1v) is 12.2. The molecule has 2 aromatic heterocycles. The van der Waals surface area contributed by atoms with Crippen molar-refractivity contribution in [1.29, 1.82) is 0 Å². The fourth-order valence-corrected chi connectivity index (χ4v) is 5.73. The molecule has 6 heteroatoms. The molecule has 158 valence electrons. The standard InChI is InChI=1S/C24H30N4OS/c1-17-7-5-6-10-20(17)25-23-22-19(18-8-3-2-4-9-18)16-30-24(22)27-21(26-23)15-28-11-13-29-14-12-28/h2-4,8-9,16-17,20H,5-7,10-15H2,1H3,(H,25,26,27)/p+1/t17-,20-/m0/s1. The molecule has 1 aliphatic heterocycles. The van der Waals surface area contributed by atoms with Crippen molar-refractivity contribution in [3.05, 3.63) is 41.5 Å². The SMILES string of the molecule is C[C@H]1CCCC[C@@H]1Nc1nc(C[NH+]2CCOCC2)nc2scc(-c3ccccc3)c12. The van der Waals surface area contributed by atoms with Gasteiger partial charge >= 0.3 is 0 Å². The fraction of sp³-hybridized carbons (Fsp3) is 0.500. The number of aromatic nitrogens is 2. The van der Waals surface area contributed by atoms with Crippen molar-refractivity contribution in [1.82, 2.24) is 9.97 Å². The number of hydrogen-bond acceptors (Lipinski definition) is 5. The van der Waals surface area contributed by atoms with Crippen molar-refractivity contribution in [2.45, 2.75) is 45.2 Å². The smallest absolute Gasteiger partial charge is 0.187 e. The fourth-order valence-electron chi connectivity index (χ4n) is 4.77. The van der Waals surface area contributed by atoms with Gasteiger partial charge in [-0.1, -0.05) is 50.1 Å². The van der Waals surface area contributed by atoms with Crippen LogP contribution < -0.4 is 10.2 Å². The van der Waals surface area contributed by atoms with Crippen LogP contribution in [0.25, 0.3) is 21.3 Å². The Morgan fingerprint density at radius 2 is 1.90 bits per heavy atom. The number of ether oxygens (including phenoxy) is 1. The molecule has 0 spiro atoms. The van der Waals surface area contributed by atoms with Gasteiger partial charge in [-0.25, -0.2) is 9.97 Å². The summed E-state index contributed by atoms with van der Waals surface area (Å²) in [4.78, 5) is 12.7. The number of benzene rings is 1. The maximum Gasteiger partial charge on any atom is 0.187 e. The van der Waals surface area contributed by atoms with Gasteiger partial charge in [0.05, 0.1) is 18.6 Å². The zero-order chi connectivity index (χ0) is 20.3. The average molecular weight is 424 g/mol. The Labute approximate surface area is 182 Å². The van der Waals surface area contributed by atoms with E-state index in [4.69, 9.17) is 14.7 Å². The van der Waals surface area contributed by atoms with Crippen LogP contribution in [-0.2, 0) is 11.3 Å². The third kappa shape index (κ3) is 4.22. The third-order valence-corrected chi connectivity index (χ3v) is 7.48. The summed E-state index contributed by atoms with van der Waals surface area (Å²) < 4.78 is 5.52. The molecule has 1 saturated heterocycles. The van der Waals surface area contributed by atoms with Gasteiger partial charge in [-0.3, -0.25) is 0 Å². The van der Waals surface area contributed by atoms with E-state index >= 15 is 0 Å². The van der Waals surface area contributed by atoms with Crippen LogP contribution in [0.1, 0.15) is 38.4 Å². The van der Waals surface area contributed by atoms with E-state index in [9.17, 15) is 0 Å². The van der Waals surface area contributed by atoms with E-state index < -0.39 is 0 Å². The van der Waals surface area contributed by atoms with Crippen LogP contribution >= 0.6 is 11.3 Å². The Hall–Kier alpha value is -2.02. The summed E-state index contributed by atoms with van der Waals surface area (Å²) in [5.41, 5.74) is 2.48. The van der Waals surface area contributed by atoms with Crippen LogP contribution in [0.2, 0.25) is 0 Å². The van der Waals surface area contributed by atoms with Gasteiger partial charge in [-0.15, -0.1) is 11.3 Å². The molecule has 1 aromatic carbocycles. The minimum Gasteiger partial charge on any atom is -0.370 e. The second-order valence-electron chi connectivity index (χ2n) is 8.74. The van der Waals surface area contributed by atoms with Gasteiger partial charge in [0.2, 0.25) is 0 Å². The molecule has 3 heterocycles. The second kappa shape index (κ2) is 9.00. The first kappa shape index (κ1) is 19.9. The monoisotopic (exact) mass is 423 g/mol. The lowest BCUT2D eigenvalue weighted by Gasteiger charge is -2.30. The number of thiophene rings is 1. The molecule has 5 rings (SSSR count). The van der Waals surface area contributed by atoms with Crippen molar-refractivity contribution < 1.29 is 9.64 Å². The highest BCUT2D eigenvalue weighted by Gasteiger charge is 2.25. The highest BCUT2D eigenvalue weighted by atomic mass is 32.1. The van der Waals surface area contributed by atoms with Crippen LogP contribution in [0.5, 0.6) is 0 Å². The number of rotatable bonds is 5. The highest BCUT2D eigenvalue weighted by Crippen LogP contribution is 2.38. The summed E-state index contributed by atoms with van der Waals surface area (Å²) in [5.74, 6) is 2.66. The van der Waals surface area contributed by atoms with Gasteiger partial charge in [-0.05, 0) is 24.3 Å². The van der Waals surface area contributed by atoms with E-state index in [2.05, 4.69) is 48.0 Å². The number of quaternary nitrogens is 1. The molecule has 30 heavy (non-hydrogen) atoms. The Morgan fingerprint density at radius 3 is 2.70 bits per heavy atom. The third-order valence-electron chi connectivity index (χ3n) is 6.61. The Kier molecular flexibility index (Phi) is 5.97. The molecule has 0 radical (unpaired) electrons. The lowest BCUT2D eigenvalue weighted by atomic mass is 9.86. The molecule has 1 saturated carbocycles. The molecule has 5 nitrogen and oxygen atoms in total. The van der Waals surface area contributed by atoms with E-state index in [1.807, 2.05) is 0 Å². The summed E-state index contributed by atoms with van der Waals surface area (Å²) in [7, 11) is 0. The maximum absolute atomic E-state index is 5.52. The predicted molar refractivity (Wildman–Crippen MR) is 123 cm³/mol. The molecule has 2 aliphatic rings. The molecule has 2 atom stereocenters. The van der Waals surface area contributed by atoms with Gasteiger partial charge in [0.25, 0.3) is 0 Å². The number of hydrogen-bond donors (Lipinski definition) is 2. The molecule has 1 aliphatic carbocycles. The van der Waals surface area contributed by atoms with Crippen LogP contribution in [-0.4, -0.2) is 42.3 Å². The summed E-state index contributed by atoms with van der Waals surface area (Å²) >= 11 is 1.74. The Balaban J connectivity index is 1.54. The molecular formula is C24H31N4OS+. The van der Waals surface area contributed by atoms with Crippen molar-refractivity contribution in [2.24, 2.45) is 5.92 Å². The minimum atomic E-state index is 0.490. The molecule has 0 amide bonds. The van der Waals surface area contributed by atoms with E-state index in [1.165, 1.54) is 47.1 Å². The first-order chi connectivity index (χ1) is 14.8. The summed E-state index contributed by atoms with van der Waals surface area (Å²) in [5, 5.41) is 7.30. The van der Waals surface area contributed by atoms with Crippen LogP contribution in [0.15, 0.2) is 35.7 Å². The second-order valence-corrected chi connectivity index (χ2v) is 9.59. The van der Waals surface area contributed by atoms with Gasteiger partial charge in [0.1, 0.15) is 30.3 Å². The van der Waals surface area contributed by atoms with E-state index in [-0.39, 0.29) is 0 Å². The van der Waals surface area contributed by atoms with E-state index in [1.54, 1.807) is 11.3 Å². The van der Waals surface area contributed by atoms with Gasteiger partial charge in [0, 0.05) is 17.0 Å². The first-order valence-electron chi connectivity index (χ1n) is 11.3. The van der Waals surface area contributed by atoms with Crippen LogP contribution in [0, 0.1) is 5.92 Å². The highest BCUT2D eigenvalue weighted by molar-refractivity contribution is 7.17. The summed E-state index contributed by atoms with van der Waals surface area (Å²) in [6, 6.07) is 11.1. The lowest BCUT2D eigenvalue weighted by Crippen LogP contribution is -3.12. The molecule has 2 N–H and O–H groups in total. The Morgan fingerprint density at radius 1 is 1.10 bits per heavy atom. The molecule has 3 aromatic rings. The lowest BCUT2D eigenvalue weighted by molar-refractivity contribution is -0.922. The largest absolute Gasteiger partial charge is 0.370 e. The summed E-state index contributed by atoms with van der Waals surface area (Å²) in [6.45, 7) is 6.97. The molecule has 0 unspecified atom stereocenters. The number of morpholine rings is 1.